The third-order valence-corrected chi connectivity index (χ3v) is 9.04. The van der Waals surface area contributed by atoms with Crippen molar-refractivity contribution < 1.29 is 37.3 Å². The molecule has 1 aliphatic rings. The third-order valence-electron chi connectivity index (χ3n) is 6.69. The Morgan fingerprint density at radius 1 is 1.12 bits per heavy atom. The number of amides is 1. The zero-order chi connectivity index (χ0) is 30.4. The first-order valence-electron chi connectivity index (χ1n) is 13.4. The monoisotopic (exact) mass is 623 g/mol. The number of aryl methyl sites for hydroxylation is 1. The molecule has 0 saturated carbocycles. The van der Waals surface area contributed by atoms with Gasteiger partial charge in [-0.3, -0.25) is 4.90 Å². The van der Waals surface area contributed by atoms with E-state index in [1.165, 1.54) is 28.4 Å². The Balaban J connectivity index is 1.50. The van der Waals surface area contributed by atoms with Crippen molar-refractivity contribution >= 4 is 35.2 Å². The van der Waals surface area contributed by atoms with Crippen molar-refractivity contribution in [2.75, 3.05) is 32.8 Å². The highest BCUT2D eigenvalue weighted by Gasteiger charge is 2.30. The van der Waals surface area contributed by atoms with Crippen LogP contribution >= 0.6 is 23.1 Å². The number of rotatable bonds is 10. The number of carbonyl (C=O) groups is 2. The van der Waals surface area contributed by atoms with Gasteiger partial charge in [-0.25, -0.2) is 14.6 Å². The average Bonchev–Trinajstić information content (AvgIpc) is 3.35. The van der Waals surface area contributed by atoms with E-state index in [0.29, 0.717) is 54.8 Å². The van der Waals surface area contributed by atoms with E-state index in [1.807, 2.05) is 25.1 Å². The van der Waals surface area contributed by atoms with Crippen LogP contribution in [0.2, 0.25) is 0 Å². The molecule has 4 rings (SSSR count). The van der Waals surface area contributed by atoms with Crippen molar-refractivity contribution in [3.8, 4) is 16.3 Å². The lowest BCUT2D eigenvalue weighted by atomic mass is 10.1. The molecule has 0 radical (unpaired) electrons. The molecule has 3 aromatic rings. The Kier molecular flexibility index (Phi) is 10.4. The number of nitrogens with zero attached hydrogens (tertiary/aromatic N) is 3. The zero-order valence-electron chi connectivity index (χ0n) is 23.4. The Hall–Kier alpha value is -3.29. The van der Waals surface area contributed by atoms with Gasteiger partial charge in [0.1, 0.15) is 10.8 Å². The van der Waals surface area contributed by atoms with Gasteiger partial charge in [0.15, 0.2) is 6.10 Å². The van der Waals surface area contributed by atoms with Gasteiger partial charge in [0.25, 0.3) is 0 Å². The summed E-state index contributed by atoms with van der Waals surface area (Å²) >= 11 is 3.04. The minimum Gasteiger partial charge on any atom is -0.479 e. The van der Waals surface area contributed by atoms with E-state index in [4.69, 9.17) is 14.5 Å². The molecule has 1 unspecified atom stereocenters. The van der Waals surface area contributed by atoms with Gasteiger partial charge in [0, 0.05) is 53.8 Å². The summed E-state index contributed by atoms with van der Waals surface area (Å²) in [6.07, 6.45) is -6.09. The Bertz CT molecular complexity index is 1390. The summed E-state index contributed by atoms with van der Waals surface area (Å²) in [5, 5.41) is 9.89. The van der Waals surface area contributed by atoms with Crippen LogP contribution in [0.15, 0.2) is 47.4 Å². The van der Waals surface area contributed by atoms with Crippen LogP contribution in [0, 0.1) is 6.92 Å². The molecule has 0 aliphatic carbocycles. The molecule has 1 saturated heterocycles. The normalized spacial score (nSPS) is 15.0. The number of thioether (sulfide) groups is 1. The maximum Gasteiger partial charge on any atom is 0.416 e. The molecule has 1 aromatic heterocycles. The zero-order valence-corrected chi connectivity index (χ0v) is 25.1. The molecule has 2 aromatic carbocycles. The topological polar surface area (TPSA) is 92.2 Å². The average molecular weight is 624 g/mol. The standard InChI is InChI=1S/C29H32F3N3O5S2/c1-4-39-27(36)19(3)40-24-10-9-22(15-18(24)2)41-17-25-23(16-34-11-13-35(14-12-34)28(37)38)33-26(42-25)20-5-7-21(8-6-20)29(30,31)32/h5-10,15,19H,4,11-14,16-17H2,1-3H3,(H,37,38). The van der Waals surface area contributed by atoms with Crippen LogP contribution in [-0.2, 0) is 28.0 Å². The van der Waals surface area contributed by atoms with E-state index in [0.717, 1.165) is 33.2 Å². The summed E-state index contributed by atoms with van der Waals surface area (Å²) in [5.41, 5.74) is 1.58. The number of carbonyl (C=O) groups excluding carboxylic acids is 1. The predicted octanol–water partition coefficient (Wildman–Crippen LogP) is 6.56. The highest BCUT2D eigenvalue weighted by molar-refractivity contribution is 7.98. The second-order valence-electron chi connectivity index (χ2n) is 9.74. The molecule has 0 spiro atoms. The first-order chi connectivity index (χ1) is 19.9. The van der Waals surface area contributed by atoms with E-state index in [1.54, 1.807) is 25.6 Å². The highest BCUT2D eigenvalue weighted by Crippen LogP contribution is 2.36. The number of piperazine rings is 1. The van der Waals surface area contributed by atoms with Gasteiger partial charge in [0.2, 0.25) is 0 Å². The van der Waals surface area contributed by atoms with Crippen LogP contribution in [0.25, 0.3) is 10.6 Å². The number of hydrogen-bond acceptors (Lipinski definition) is 8. The van der Waals surface area contributed by atoms with Crippen LogP contribution in [0.4, 0.5) is 18.0 Å². The molecule has 1 aliphatic heterocycles. The highest BCUT2D eigenvalue weighted by atomic mass is 32.2. The fraction of sp³-hybridized carbons (Fsp3) is 0.414. The molecule has 2 heterocycles. The lowest BCUT2D eigenvalue weighted by Crippen LogP contribution is -2.47. The molecule has 1 fully saturated rings. The fourth-order valence-electron chi connectivity index (χ4n) is 4.34. The lowest BCUT2D eigenvalue weighted by Gasteiger charge is -2.32. The number of alkyl halides is 3. The summed E-state index contributed by atoms with van der Waals surface area (Å²) in [6.45, 7) is 8.00. The lowest BCUT2D eigenvalue weighted by molar-refractivity contribution is -0.150. The summed E-state index contributed by atoms with van der Waals surface area (Å²) < 4.78 is 50.0. The summed E-state index contributed by atoms with van der Waals surface area (Å²) in [7, 11) is 0. The number of ether oxygens (including phenoxy) is 2. The molecular formula is C29H32F3N3O5S2. The summed E-state index contributed by atoms with van der Waals surface area (Å²) in [6, 6.07) is 10.7. The Morgan fingerprint density at radius 3 is 2.40 bits per heavy atom. The Morgan fingerprint density at radius 2 is 1.81 bits per heavy atom. The number of carboxylic acid groups (broad SMARTS) is 1. The Labute approximate surface area is 250 Å². The smallest absolute Gasteiger partial charge is 0.416 e. The summed E-state index contributed by atoms with van der Waals surface area (Å²) in [4.78, 5) is 33.5. The second-order valence-corrected chi connectivity index (χ2v) is 11.9. The quantitative estimate of drug-likeness (QED) is 0.201. The van der Waals surface area contributed by atoms with Crippen molar-refractivity contribution in [2.24, 2.45) is 0 Å². The van der Waals surface area contributed by atoms with Gasteiger partial charge in [0.05, 0.1) is 17.9 Å². The van der Waals surface area contributed by atoms with Gasteiger partial charge >= 0.3 is 18.2 Å². The maximum atomic E-state index is 13.1. The van der Waals surface area contributed by atoms with E-state index in [-0.39, 0.29) is 6.61 Å². The predicted molar refractivity (Wildman–Crippen MR) is 155 cm³/mol. The van der Waals surface area contributed by atoms with Crippen LogP contribution in [0.3, 0.4) is 0 Å². The van der Waals surface area contributed by atoms with Crippen molar-refractivity contribution in [1.29, 1.82) is 0 Å². The first kappa shape index (κ1) is 31.6. The number of aromatic nitrogens is 1. The van der Waals surface area contributed by atoms with Crippen LogP contribution < -0.4 is 4.74 Å². The molecule has 8 nitrogen and oxygen atoms in total. The molecule has 0 bridgehead atoms. The van der Waals surface area contributed by atoms with Gasteiger partial charge in [-0.15, -0.1) is 23.1 Å². The number of hydrogen-bond donors (Lipinski definition) is 1. The van der Waals surface area contributed by atoms with Crippen molar-refractivity contribution in [1.82, 2.24) is 14.8 Å². The van der Waals surface area contributed by atoms with E-state index in [2.05, 4.69) is 4.90 Å². The molecule has 1 atom stereocenters. The van der Waals surface area contributed by atoms with Gasteiger partial charge < -0.3 is 19.5 Å². The van der Waals surface area contributed by atoms with Crippen LogP contribution in [0.1, 0.15) is 35.5 Å². The minimum atomic E-state index is -4.41. The number of esters is 1. The van der Waals surface area contributed by atoms with Crippen LogP contribution in [0.5, 0.6) is 5.75 Å². The van der Waals surface area contributed by atoms with E-state index in [9.17, 15) is 27.9 Å². The summed E-state index contributed by atoms with van der Waals surface area (Å²) in [5.74, 6) is 0.742. The molecular weight excluding hydrogens is 591 g/mol. The van der Waals surface area contributed by atoms with E-state index < -0.39 is 29.9 Å². The van der Waals surface area contributed by atoms with Crippen molar-refractivity contribution in [3.63, 3.8) is 0 Å². The number of benzene rings is 2. The minimum absolute atomic E-state index is 0.278. The largest absolute Gasteiger partial charge is 0.479 e. The van der Waals surface area contributed by atoms with Crippen molar-refractivity contribution in [3.05, 3.63) is 64.2 Å². The van der Waals surface area contributed by atoms with Gasteiger partial charge in [-0.2, -0.15) is 13.2 Å². The van der Waals surface area contributed by atoms with E-state index >= 15 is 0 Å². The molecule has 1 N–H and O–H groups in total. The van der Waals surface area contributed by atoms with Crippen molar-refractivity contribution in [2.45, 2.75) is 50.2 Å². The molecule has 226 valence electrons. The van der Waals surface area contributed by atoms with Gasteiger partial charge in [-0.05, 0) is 56.7 Å². The van der Waals surface area contributed by atoms with Crippen LogP contribution in [-0.4, -0.2) is 70.8 Å². The third kappa shape index (κ3) is 8.17. The van der Waals surface area contributed by atoms with Gasteiger partial charge in [-0.1, -0.05) is 12.1 Å². The number of thiazole rings is 1. The maximum absolute atomic E-state index is 13.1. The fourth-order valence-corrected chi connectivity index (χ4v) is 6.52. The SMILES string of the molecule is CCOC(=O)C(C)Oc1ccc(SCc2sc(-c3ccc(C(F)(F)F)cc3)nc2CN2CCN(C(=O)O)CC2)cc1C. The molecule has 13 heteroatoms. The molecule has 42 heavy (non-hydrogen) atoms. The number of halogens is 3. The molecule has 1 amide bonds. The second kappa shape index (κ2) is 13.8. The first-order valence-corrected chi connectivity index (χ1v) is 15.2.